The van der Waals surface area contributed by atoms with Crippen molar-refractivity contribution in [3.05, 3.63) is 47.3 Å². The topological polar surface area (TPSA) is 58.8 Å². The lowest BCUT2D eigenvalue weighted by molar-refractivity contribution is -0.133. The average Bonchev–Trinajstić information content (AvgIpc) is 2.95. The normalized spacial score (nSPS) is 15.4. The van der Waals surface area contributed by atoms with Gasteiger partial charge in [-0.2, -0.15) is 0 Å². The van der Waals surface area contributed by atoms with Crippen molar-refractivity contribution in [2.75, 3.05) is 32.8 Å². The molecule has 1 aromatic carbocycles. The molecule has 0 saturated carbocycles. The van der Waals surface area contributed by atoms with Gasteiger partial charge >= 0.3 is 0 Å². The molecule has 1 saturated heterocycles. The maximum absolute atomic E-state index is 12.3. The van der Waals surface area contributed by atoms with Crippen LogP contribution in [0.2, 0.25) is 0 Å². The van der Waals surface area contributed by atoms with Crippen molar-refractivity contribution in [1.82, 2.24) is 15.0 Å². The molecule has 1 amide bonds. The molecule has 6 nitrogen and oxygen atoms in total. The first kappa shape index (κ1) is 17.5. The van der Waals surface area contributed by atoms with E-state index < -0.39 is 0 Å². The molecule has 6 heteroatoms. The summed E-state index contributed by atoms with van der Waals surface area (Å²) in [6.45, 7) is 8.43. The monoisotopic (exact) mass is 343 g/mol. The average molecular weight is 343 g/mol. The minimum Gasteiger partial charge on any atom is -0.493 e. The van der Waals surface area contributed by atoms with Crippen LogP contribution < -0.4 is 4.74 Å². The number of hydrogen-bond donors (Lipinski definition) is 0. The van der Waals surface area contributed by atoms with Crippen molar-refractivity contribution in [2.24, 2.45) is 0 Å². The van der Waals surface area contributed by atoms with E-state index in [1.165, 1.54) is 0 Å². The van der Waals surface area contributed by atoms with Gasteiger partial charge in [0.1, 0.15) is 11.5 Å². The molecule has 1 aliphatic rings. The highest BCUT2D eigenvalue weighted by Crippen LogP contribution is 2.16. The first-order valence-corrected chi connectivity index (χ1v) is 8.73. The van der Waals surface area contributed by atoms with Gasteiger partial charge in [-0.15, -0.1) is 0 Å². The number of hydrogen-bond acceptors (Lipinski definition) is 5. The Morgan fingerprint density at radius 3 is 2.52 bits per heavy atom. The summed E-state index contributed by atoms with van der Waals surface area (Å²) in [7, 11) is 0. The van der Waals surface area contributed by atoms with E-state index >= 15 is 0 Å². The van der Waals surface area contributed by atoms with Gasteiger partial charge in [-0.1, -0.05) is 23.4 Å². The minimum absolute atomic E-state index is 0.160. The highest BCUT2D eigenvalue weighted by molar-refractivity contribution is 5.76. The zero-order valence-electron chi connectivity index (χ0n) is 14.9. The Kier molecular flexibility index (Phi) is 5.71. The molecule has 3 rings (SSSR count). The van der Waals surface area contributed by atoms with Gasteiger partial charge in [-0.05, 0) is 26.0 Å². The predicted molar refractivity (Wildman–Crippen MR) is 94.4 cm³/mol. The standard InChI is InChI=1S/C19H25N3O3/c1-15-18(16(2)25-20-15)14-21-9-11-22(12-10-21)19(23)8-13-24-17-6-4-3-5-7-17/h3-7H,8-14H2,1-2H3. The number of ether oxygens (including phenoxy) is 1. The fourth-order valence-corrected chi connectivity index (χ4v) is 3.04. The van der Waals surface area contributed by atoms with E-state index in [9.17, 15) is 4.79 Å². The van der Waals surface area contributed by atoms with E-state index in [2.05, 4.69) is 10.1 Å². The fourth-order valence-electron chi connectivity index (χ4n) is 3.04. The number of benzene rings is 1. The molecule has 1 aromatic heterocycles. The second-order valence-electron chi connectivity index (χ2n) is 6.37. The summed E-state index contributed by atoms with van der Waals surface area (Å²) in [6.07, 6.45) is 0.415. The zero-order valence-corrected chi connectivity index (χ0v) is 14.9. The van der Waals surface area contributed by atoms with Crippen LogP contribution in [0.3, 0.4) is 0 Å². The molecule has 0 bridgehead atoms. The Morgan fingerprint density at radius 1 is 1.16 bits per heavy atom. The summed E-state index contributed by atoms with van der Waals surface area (Å²) < 4.78 is 10.8. The van der Waals surface area contributed by atoms with Crippen molar-refractivity contribution >= 4 is 5.91 Å². The number of carbonyl (C=O) groups is 1. The van der Waals surface area contributed by atoms with Crippen molar-refractivity contribution in [3.63, 3.8) is 0 Å². The molecule has 134 valence electrons. The van der Waals surface area contributed by atoms with Crippen LogP contribution in [0.1, 0.15) is 23.4 Å². The molecule has 0 spiro atoms. The number of para-hydroxylation sites is 1. The van der Waals surface area contributed by atoms with Gasteiger partial charge in [-0.3, -0.25) is 9.69 Å². The predicted octanol–water partition coefficient (Wildman–Crippen LogP) is 2.40. The summed E-state index contributed by atoms with van der Waals surface area (Å²) >= 11 is 0. The molecule has 0 unspecified atom stereocenters. The lowest BCUT2D eigenvalue weighted by Crippen LogP contribution is -2.48. The van der Waals surface area contributed by atoms with Crippen LogP contribution in [0.15, 0.2) is 34.9 Å². The Bertz CT molecular complexity index is 672. The van der Waals surface area contributed by atoms with Crippen LogP contribution in [-0.2, 0) is 11.3 Å². The molecule has 2 heterocycles. The Balaban J connectivity index is 1.40. The van der Waals surface area contributed by atoms with Crippen molar-refractivity contribution < 1.29 is 14.1 Å². The molecule has 0 radical (unpaired) electrons. The van der Waals surface area contributed by atoms with Gasteiger partial charge in [0, 0.05) is 38.3 Å². The maximum atomic E-state index is 12.3. The van der Waals surface area contributed by atoms with Crippen LogP contribution in [0.5, 0.6) is 5.75 Å². The van der Waals surface area contributed by atoms with Crippen LogP contribution in [0.25, 0.3) is 0 Å². The van der Waals surface area contributed by atoms with Crippen LogP contribution in [-0.4, -0.2) is 53.6 Å². The third-order valence-electron chi connectivity index (χ3n) is 4.62. The second-order valence-corrected chi connectivity index (χ2v) is 6.37. The molecule has 2 aromatic rings. The summed E-state index contributed by atoms with van der Waals surface area (Å²) in [4.78, 5) is 16.6. The van der Waals surface area contributed by atoms with Gasteiger partial charge in [0.15, 0.2) is 0 Å². The molecule has 1 fully saturated rings. The SMILES string of the molecule is Cc1noc(C)c1CN1CCN(C(=O)CCOc2ccccc2)CC1. The quantitative estimate of drug-likeness (QED) is 0.806. The first-order chi connectivity index (χ1) is 12.1. The smallest absolute Gasteiger partial charge is 0.226 e. The maximum Gasteiger partial charge on any atom is 0.226 e. The van der Waals surface area contributed by atoms with E-state index in [0.717, 1.165) is 55.5 Å². The highest BCUT2D eigenvalue weighted by atomic mass is 16.5. The molecule has 1 aliphatic heterocycles. The Morgan fingerprint density at radius 2 is 1.88 bits per heavy atom. The van der Waals surface area contributed by atoms with Crippen molar-refractivity contribution in [1.29, 1.82) is 0 Å². The van der Waals surface area contributed by atoms with Crippen LogP contribution in [0, 0.1) is 13.8 Å². The molecule has 0 N–H and O–H groups in total. The number of rotatable bonds is 6. The Labute approximate surface area is 148 Å². The van der Waals surface area contributed by atoms with E-state index in [0.29, 0.717) is 13.0 Å². The fraction of sp³-hybridized carbons (Fsp3) is 0.474. The molecule has 25 heavy (non-hydrogen) atoms. The second kappa shape index (κ2) is 8.16. The van der Waals surface area contributed by atoms with Crippen LogP contribution in [0.4, 0.5) is 0 Å². The summed E-state index contributed by atoms with van der Waals surface area (Å²) in [5.41, 5.74) is 2.12. The lowest BCUT2D eigenvalue weighted by atomic mass is 10.1. The van der Waals surface area contributed by atoms with Gasteiger partial charge in [-0.25, -0.2) is 0 Å². The lowest BCUT2D eigenvalue weighted by Gasteiger charge is -2.34. The van der Waals surface area contributed by atoms with E-state index in [1.807, 2.05) is 49.1 Å². The number of amides is 1. The van der Waals surface area contributed by atoms with E-state index in [4.69, 9.17) is 9.26 Å². The van der Waals surface area contributed by atoms with E-state index in [-0.39, 0.29) is 5.91 Å². The Hall–Kier alpha value is -2.34. The molecule has 0 atom stereocenters. The minimum atomic E-state index is 0.160. The van der Waals surface area contributed by atoms with Gasteiger partial charge in [0.2, 0.25) is 5.91 Å². The van der Waals surface area contributed by atoms with Gasteiger partial charge < -0.3 is 14.2 Å². The van der Waals surface area contributed by atoms with Gasteiger partial charge in [0.05, 0.1) is 18.7 Å². The summed E-state index contributed by atoms with van der Waals surface area (Å²) in [6, 6.07) is 9.60. The number of aromatic nitrogens is 1. The molecular weight excluding hydrogens is 318 g/mol. The third-order valence-corrected chi connectivity index (χ3v) is 4.62. The summed E-state index contributed by atoms with van der Waals surface area (Å²) in [5, 5.41) is 4.00. The number of nitrogens with zero attached hydrogens (tertiary/aromatic N) is 3. The largest absolute Gasteiger partial charge is 0.493 e. The third kappa shape index (κ3) is 4.60. The number of aryl methyl sites for hydroxylation is 2. The van der Waals surface area contributed by atoms with Crippen molar-refractivity contribution in [3.8, 4) is 5.75 Å². The highest BCUT2D eigenvalue weighted by Gasteiger charge is 2.22. The first-order valence-electron chi connectivity index (χ1n) is 8.73. The van der Waals surface area contributed by atoms with Crippen LogP contribution >= 0.6 is 0 Å². The number of carbonyl (C=O) groups excluding carboxylic acids is 1. The molecule has 0 aliphatic carbocycles. The molecular formula is C19H25N3O3. The number of piperazine rings is 1. The summed E-state index contributed by atoms with van der Waals surface area (Å²) in [5.74, 6) is 1.85. The zero-order chi connectivity index (χ0) is 17.6. The van der Waals surface area contributed by atoms with Crippen molar-refractivity contribution in [2.45, 2.75) is 26.8 Å². The van der Waals surface area contributed by atoms with Gasteiger partial charge in [0.25, 0.3) is 0 Å². The van der Waals surface area contributed by atoms with E-state index in [1.54, 1.807) is 0 Å².